The summed E-state index contributed by atoms with van der Waals surface area (Å²) in [4.78, 5) is 12.3. The van der Waals surface area contributed by atoms with Crippen molar-refractivity contribution in [2.45, 2.75) is 26.2 Å². The molecule has 0 saturated heterocycles. The van der Waals surface area contributed by atoms with Gasteiger partial charge in [0.1, 0.15) is 5.69 Å². The molecular weight excluding hydrogens is 352 g/mol. The van der Waals surface area contributed by atoms with Crippen molar-refractivity contribution in [1.82, 2.24) is 14.9 Å². The first kappa shape index (κ1) is 20.0. The highest BCUT2D eigenvalue weighted by Crippen LogP contribution is 2.37. The van der Waals surface area contributed by atoms with E-state index in [1.165, 1.54) is 27.5 Å². The molecule has 0 amide bonds. The Balaban J connectivity index is 2.28. The lowest BCUT2D eigenvalue weighted by Gasteiger charge is -2.17. The number of ether oxygens (including phenoxy) is 3. The number of nitrogen functional groups attached to an aromatic ring is 1. The number of rotatable bonds is 6. The minimum absolute atomic E-state index is 0.0108. The molecule has 0 spiro atoms. The number of anilines is 1. The molecule has 1 heterocycles. The second-order valence-corrected chi connectivity index (χ2v) is 6.63. The number of hydrazone groups is 1. The van der Waals surface area contributed by atoms with E-state index in [9.17, 15) is 4.79 Å². The molecule has 0 fully saturated rings. The zero-order chi connectivity index (χ0) is 20.2. The second-order valence-electron chi connectivity index (χ2n) is 6.63. The van der Waals surface area contributed by atoms with Crippen molar-refractivity contribution >= 4 is 12.2 Å². The number of hydrogen-bond acceptors (Lipinski definition) is 9. The first-order valence-corrected chi connectivity index (χ1v) is 8.07. The predicted octanol–water partition coefficient (Wildman–Crippen LogP) is 1.12. The molecule has 1 aromatic carbocycles. The van der Waals surface area contributed by atoms with Gasteiger partial charge in [-0.3, -0.25) is 4.79 Å². The summed E-state index contributed by atoms with van der Waals surface area (Å²) in [6.45, 7) is 5.57. The standard InChI is InChI=1S/C17H24N6O4/c1-17(2,3)14-15(24)23(18)16(22-20-14)21-19-9-10-7-11(25-4)13(27-6)12(8-10)26-5/h7-9H,18H2,1-6H3,(H,21,22)/b19-9+. The van der Waals surface area contributed by atoms with Crippen molar-refractivity contribution in [3.63, 3.8) is 0 Å². The third kappa shape index (κ3) is 4.27. The summed E-state index contributed by atoms with van der Waals surface area (Å²) in [6.07, 6.45) is 1.49. The van der Waals surface area contributed by atoms with Crippen LogP contribution in [-0.2, 0) is 5.41 Å². The van der Waals surface area contributed by atoms with Gasteiger partial charge < -0.3 is 20.1 Å². The van der Waals surface area contributed by atoms with E-state index in [1.54, 1.807) is 12.1 Å². The van der Waals surface area contributed by atoms with Gasteiger partial charge in [-0.15, -0.1) is 10.2 Å². The van der Waals surface area contributed by atoms with E-state index in [-0.39, 0.29) is 11.6 Å². The van der Waals surface area contributed by atoms with Crippen LogP contribution in [-0.4, -0.2) is 42.4 Å². The quantitative estimate of drug-likeness (QED) is 0.436. The van der Waals surface area contributed by atoms with Crippen LogP contribution in [0.3, 0.4) is 0 Å². The first-order valence-electron chi connectivity index (χ1n) is 8.07. The van der Waals surface area contributed by atoms with Crippen molar-refractivity contribution in [3.05, 3.63) is 33.7 Å². The zero-order valence-electron chi connectivity index (χ0n) is 16.2. The molecule has 0 aliphatic rings. The Bertz CT molecular complexity index is 876. The first-order chi connectivity index (χ1) is 12.7. The van der Waals surface area contributed by atoms with Gasteiger partial charge in [0.2, 0.25) is 5.75 Å². The average molecular weight is 376 g/mol. The molecule has 0 aliphatic carbocycles. The van der Waals surface area contributed by atoms with Gasteiger partial charge in [0.05, 0.1) is 27.5 Å². The lowest BCUT2D eigenvalue weighted by Crippen LogP contribution is -2.38. The van der Waals surface area contributed by atoms with Gasteiger partial charge in [-0.1, -0.05) is 20.8 Å². The summed E-state index contributed by atoms with van der Waals surface area (Å²) in [7, 11) is 4.57. The van der Waals surface area contributed by atoms with Crippen molar-refractivity contribution < 1.29 is 14.2 Å². The smallest absolute Gasteiger partial charge is 0.295 e. The van der Waals surface area contributed by atoms with E-state index < -0.39 is 11.0 Å². The van der Waals surface area contributed by atoms with E-state index in [0.717, 1.165) is 4.68 Å². The van der Waals surface area contributed by atoms with Crippen LogP contribution in [0, 0.1) is 0 Å². The highest BCUT2D eigenvalue weighted by atomic mass is 16.5. The Labute approximate surface area is 156 Å². The molecule has 146 valence electrons. The third-order valence-corrected chi connectivity index (χ3v) is 3.67. The summed E-state index contributed by atoms with van der Waals surface area (Å²) in [5.41, 5.74) is 2.63. The minimum Gasteiger partial charge on any atom is -0.493 e. The summed E-state index contributed by atoms with van der Waals surface area (Å²) in [6, 6.07) is 3.44. The van der Waals surface area contributed by atoms with Crippen molar-refractivity contribution in [2.24, 2.45) is 5.10 Å². The largest absolute Gasteiger partial charge is 0.493 e. The van der Waals surface area contributed by atoms with Crippen LogP contribution < -0.4 is 31.0 Å². The normalized spacial score (nSPS) is 11.5. The SMILES string of the molecule is COc1cc(/C=N/Nc2nnc(C(C)(C)C)c(=O)n2N)cc(OC)c1OC. The number of aromatic nitrogens is 3. The Morgan fingerprint density at radius 1 is 1.11 bits per heavy atom. The number of hydrogen-bond donors (Lipinski definition) is 2. The van der Waals surface area contributed by atoms with Crippen molar-refractivity contribution in [1.29, 1.82) is 0 Å². The molecule has 2 aromatic rings. The van der Waals surface area contributed by atoms with Gasteiger partial charge >= 0.3 is 0 Å². The van der Waals surface area contributed by atoms with E-state index >= 15 is 0 Å². The van der Waals surface area contributed by atoms with Crippen LogP contribution >= 0.6 is 0 Å². The molecule has 27 heavy (non-hydrogen) atoms. The van der Waals surface area contributed by atoms with Crippen LogP contribution in [0.25, 0.3) is 0 Å². The summed E-state index contributed by atoms with van der Waals surface area (Å²) in [5, 5.41) is 11.9. The number of benzene rings is 1. The van der Waals surface area contributed by atoms with Gasteiger partial charge in [0, 0.05) is 11.0 Å². The van der Waals surface area contributed by atoms with Gasteiger partial charge in [0.25, 0.3) is 11.5 Å². The zero-order valence-corrected chi connectivity index (χ0v) is 16.2. The Hall–Kier alpha value is -3.30. The molecule has 10 nitrogen and oxygen atoms in total. The highest BCUT2D eigenvalue weighted by molar-refractivity contribution is 5.82. The Morgan fingerprint density at radius 3 is 2.19 bits per heavy atom. The van der Waals surface area contributed by atoms with E-state index in [0.29, 0.717) is 22.8 Å². The molecule has 0 atom stereocenters. The number of nitrogens with one attached hydrogen (secondary N) is 1. The predicted molar refractivity (Wildman–Crippen MR) is 102 cm³/mol. The molecule has 0 aliphatic heterocycles. The minimum atomic E-state index is -0.469. The third-order valence-electron chi connectivity index (χ3n) is 3.67. The maximum atomic E-state index is 12.3. The molecule has 10 heteroatoms. The van der Waals surface area contributed by atoms with Crippen LogP contribution in [0.15, 0.2) is 22.0 Å². The van der Waals surface area contributed by atoms with Crippen LogP contribution in [0.5, 0.6) is 17.2 Å². The fraction of sp³-hybridized carbons (Fsp3) is 0.412. The van der Waals surface area contributed by atoms with Crippen LogP contribution in [0.1, 0.15) is 32.0 Å². The second kappa shape index (κ2) is 7.94. The van der Waals surface area contributed by atoms with Gasteiger partial charge in [-0.2, -0.15) is 9.78 Å². The van der Waals surface area contributed by atoms with Gasteiger partial charge in [-0.25, -0.2) is 5.43 Å². The van der Waals surface area contributed by atoms with Gasteiger partial charge in [-0.05, 0) is 12.1 Å². The molecule has 1 aromatic heterocycles. The van der Waals surface area contributed by atoms with Crippen LogP contribution in [0.4, 0.5) is 5.95 Å². The average Bonchev–Trinajstić information content (AvgIpc) is 2.63. The lowest BCUT2D eigenvalue weighted by molar-refractivity contribution is 0.324. The van der Waals surface area contributed by atoms with Crippen LogP contribution in [0.2, 0.25) is 0 Å². The number of methoxy groups -OCH3 is 3. The van der Waals surface area contributed by atoms with Crippen molar-refractivity contribution in [3.8, 4) is 17.2 Å². The van der Waals surface area contributed by atoms with Crippen molar-refractivity contribution in [2.75, 3.05) is 32.6 Å². The topological polar surface area (TPSA) is 126 Å². The molecule has 3 N–H and O–H groups in total. The fourth-order valence-electron chi connectivity index (χ4n) is 2.29. The van der Waals surface area contributed by atoms with E-state index in [1.807, 2.05) is 20.8 Å². The Kier molecular flexibility index (Phi) is 5.88. The summed E-state index contributed by atoms with van der Waals surface area (Å²) < 4.78 is 16.7. The highest BCUT2D eigenvalue weighted by Gasteiger charge is 2.22. The summed E-state index contributed by atoms with van der Waals surface area (Å²) in [5.74, 6) is 7.26. The molecule has 0 radical (unpaired) electrons. The van der Waals surface area contributed by atoms with Gasteiger partial charge in [0.15, 0.2) is 11.5 Å². The number of nitrogens with zero attached hydrogens (tertiary/aromatic N) is 4. The maximum absolute atomic E-state index is 12.3. The fourth-order valence-corrected chi connectivity index (χ4v) is 2.29. The molecular formula is C17H24N6O4. The summed E-state index contributed by atoms with van der Waals surface area (Å²) >= 11 is 0. The van der Waals surface area contributed by atoms with E-state index in [2.05, 4.69) is 20.7 Å². The van der Waals surface area contributed by atoms with E-state index in [4.69, 9.17) is 20.1 Å². The lowest BCUT2D eigenvalue weighted by atomic mass is 9.93. The monoisotopic (exact) mass is 376 g/mol. The number of nitrogens with two attached hydrogens (primary N) is 1. The Morgan fingerprint density at radius 2 is 1.70 bits per heavy atom. The molecule has 2 rings (SSSR count). The molecule has 0 saturated carbocycles. The molecule has 0 unspecified atom stereocenters. The molecule has 0 bridgehead atoms. The maximum Gasteiger partial charge on any atom is 0.295 e.